The number of ether oxygens (including phenoxy) is 1. The molecular weight excluding hydrogens is 362 g/mol. The van der Waals surface area contributed by atoms with Crippen LogP contribution in [0.15, 0.2) is 40.5 Å². The van der Waals surface area contributed by atoms with Crippen molar-refractivity contribution in [3.8, 4) is 0 Å². The van der Waals surface area contributed by atoms with Gasteiger partial charge in [-0.2, -0.15) is 0 Å². The van der Waals surface area contributed by atoms with Gasteiger partial charge < -0.3 is 15.4 Å². The molecule has 0 unspecified atom stereocenters. The van der Waals surface area contributed by atoms with Gasteiger partial charge in [0.2, 0.25) is 0 Å². The van der Waals surface area contributed by atoms with Gasteiger partial charge in [-0.15, -0.1) is 0 Å². The second kappa shape index (κ2) is 7.46. The van der Waals surface area contributed by atoms with Crippen molar-refractivity contribution in [3.63, 3.8) is 0 Å². The highest BCUT2D eigenvalue weighted by atomic mass is 32.2. The fourth-order valence-electron chi connectivity index (χ4n) is 2.40. The third-order valence-corrected chi connectivity index (χ3v) is 5.62. The molecule has 0 amide bonds. The van der Waals surface area contributed by atoms with Gasteiger partial charge in [0.05, 0.1) is 30.0 Å². The first-order chi connectivity index (χ1) is 12.0. The molecule has 1 saturated heterocycles. The summed E-state index contributed by atoms with van der Waals surface area (Å²) in [6.07, 6.45) is 3.48. The Morgan fingerprint density at radius 1 is 1.24 bits per heavy atom. The van der Waals surface area contributed by atoms with Crippen molar-refractivity contribution in [1.29, 1.82) is 0 Å². The van der Waals surface area contributed by atoms with Gasteiger partial charge in [0.25, 0.3) is 10.0 Å². The molecule has 1 aliphatic heterocycles. The molecule has 1 aliphatic rings. The van der Waals surface area contributed by atoms with Gasteiger partial charge in [-0.3, -0.25) is 4.72 Å². The van der Waals surface area contributed by atoms with Crippen LogP contribution in [0, 0.1) is 0 Å². The van der Waals surface area contributed by atoms with Crippen LogP contribution in [0.2, 0.25) is 0 Å². The van der Waals surface area contributed by atoms with E-state index in [2.05, 4.69) is 14.7 Å². The maximum atomic E-state index is 12.7. The lowest BCUT2D eigenvalue weighted by molar-refractivity contribution is 0.122. The monoisotopic (exact) mass is 381 g/mol. The summed E-state index contributed by atoms with van der Waals surface area (Å²) in [7, 11) is -3.78. The summed E-state index contributed by atoms with van der Waals surface area (Å²) in [5.41, 5.74) is 6.76. The van der Waals surface area contributed by atoms with Crippen LogP contribution in [0.4, 0.5) is 17.2 Å². The molecule has 8 nitrogen and oxygen atoms in total. The Hall–Kier alpha value is -2.04. The van der Waals surface area contributed by atoms with Crippen LogP contribution in [0.5, 0.6) is 0 Å². The van der Waals surface area contributed by atoms with E-state index in [1.54, 1.807) is 18.3 Å². The average Bonchev–Trinajstić information content (AvgIpc) is 2.62. The van der Waals surface area contributed by atoms with Gasteiger partial charge in [0, 0.05) is 18.8 Å². The summed E-state index contributed by atoms with van der Waals surface area (Å²) in [6.45, 7) is 2.46. The molecule has 10 heteroatoms. The standard InChI is InChI=1S/C15H19N5O3S2/c1-24-15-17-10-13(20-6-8-23-9-7-20)14(18-15)19-25(21,22)12-4-2-11(16)3-5-12/h2-5,10H,6-9,16H2,1H3,(H,17,18,19). The number of hydrogen-bond acceptors (Lipinski definition) is 8. The van der Waals surface area contributed by atoms with E-state index in [9.17, 15) is 8.42 Å². The second-order valence-electron chi connectivity index (χ2n) is 5.36. The van der Waals surface area contributed by atoms with E-state index in [4.69, 9.17) is 10.5 Å². The number of nitrogens with one attached hydrogen (secondary N) is 1. The number of rotatable bonds is 5. The molecule has 0 radical (unpaired) electrons. The normalized spacial score (nSPS) is 15.2. The number of anilines is 3. The fraction of sp³-hybridized carbons (Fsp3) is 0.333. The second-order valence-corrected chi connectivity index (χ2v) is 7.82. The topological polar surface area (TPSA) is 110 Å². The lowest BCUT2D eigenvalue weighted by Crippen LogP contribution is -2.37. The third-order valence-electron chi connectivity index (χ3n) is 3.70. The number of sulfonamides is 1. The van der Waals surface area contributed by atoms with E-state index in [1.165, 1.54) is 23.9 Å². The summed E-state index contributed by atoms with van der Waals surface area (Å²) in [6, 6.07) is 6.01. The van der Waals surface area contributed by atoms with Crippen molar-refractivity contribution in [2.75, 3.05) is 47.9 Å². The van der Waals surface area contributed by atoms with Crippen molar-refractivity contribution in [1.82, 2.24) is 9.97 Å². The minimum atomic E-state index is -3.78. The Morgan fingerprint density at radius 3 is 2.56 bits per heavy atom. The van der Waals surface area contributed by atoms with Crippen molar-refractivity contribution in [2.45, 2.75) is 10.1 Å². The first-order valence-electron chi connectivity index (χ1n) is 7.62. The smallest absolute Gasteiger partial charge is 0.263 e. The minimum Gasteiger partial charge on any atom is -0.399 e. The maximum Gasteiger partial charge on any atom is 0.263 e. The van der Waals surface area contributed by atoms with Crippen LogP contribution in [0.3, 0.4) is 0 Å². The molecule has 0 bridgehead atoms. The number of hydrogen-bond donors (Lipinski definition) is 2. The summed E-state index contributed by atoms with van der Waals surface area (Å²) in [5.74, 6) is 0.262. The van der Waals surface area contributed by atoms with Crippen molar-refractivity contribution >= 4 is 39.0 Å². The molecule has 3 rings (SSSR count). The Morgan fingerprint density at radius 2 is 1.92 bits per heavy atom. The molecule has 1 aromatic heterocycles. The minimum absolute atomic E-state index is 0.124. The zero-order valence-electron chi connectivity index (χ0n) is 13.7. The maximum absolute atomic E-state index is 12.7. The predicted molar refractivity (Wildman–Crippen MR) is 98.5 cm³/mol. The molecule has 1 fully saturated rings. The Bertz CT molecular complexity index is 837. The van der Waals surface area contributed by atoms with Gasteiger partial charge in [-0.05, 0) is 30.5 Å². The van der Waals surface area contributed by atoms with Crippen LogP contribution in [-0.4, -0.2) is 50.9 Å². The van der Waals surface area contributed by atoms with Crippen LogP contribution in [-0.2, 0) is 14.8 Å². The molecular formula is C15H19N5O3S2. The molecule has 0 saturated carbocycles. The third kappa shape index (κ3) is 4.14. The van der Waals surface area contributed by atoms with Gasteiger partial charge in [0.15, 0.2) is 11.0 Å². The lowest BCUT2D eigenvalue weighted by atomic mass is 10.3. The largest absolute Gasteiger partial charge is 0.399 e. The zero-order valence-corrected chi connectivity index (χ0v) is 15.3. The Labute approximate surface area is 150 Å². The summed E-state index contributed by atoms with van der Waals surface area (Å²) < 4.78 is 33.3. The highest BCUT2D eigenvalue weighted by Crippen LogP contribution is 2.28. The van der Waals surface area contributed by atoms with Gasteiger partial charge in [-0.25, -0.2) is 18.4 Å². The van der Waals surface area contributed by atoms with Gasteiger partial charge >= 0.3 is 0 Å². The quantitative estimate of drug-likeness (QED) is 0.454. The summed E-state index contributed by atoms with van der Waals surface area (Å²) in [5, 5.41) is 0.493. The van der Waals surface area contributed by atoms with Gasteiger partial charge in [-0.1, -0.05) is 11.8 Å². The number of aromatic nitrogens is 2. The number of nitrogens with zero attached hydrogens (tertiary/aromatic N) is 3. The highest BCUT2D eigenvalue weighted by molar-refractivity contribution is 7.98. The number of nitrogen functional groups attached to an aromatic ring is 1. The Kier molecular flexibility index (Phi) is 5.30. The van der Waals surface area contributed by atoms with Crippen LogP contribution < -0.4 is 15.4 Å². The number of thioether (sulfide) groups is 1. The molecule has 1 aromatic carbocycles. The van der Waals surface area contributed by atoms with Crippen molar-refractivity contribution in [3.05, 3.63) is 30.5 Å². The zero-order chi connectivity index (χ0) is 17.9. The average molecular weight is 381 g/mol. The van der Waals surface area contributed by atoms with Crippen LogP contribution in [0.25, 0.3) is 0 Å². The highest BCUT2D eigenvalue weighted by Gasteiger charge is 2.22. The van der Waals surface area contributed by atoms with E-state index in [0.717, 1.165) is 0 Å². The molecule has 2 aromatic rings. The van der Waals surface area contributed by atoms with E-state index < -0.39 is 10.0 Å². The fourth-order valence-corrected chi connectivity index (χ4v) is 3.76. The summed E-state index contributed by atoms with van der Waals surface area (Å²) in [4.78, 5) is 10.7. The molecule has 2 heterocycles. The van der Waals surface area contributed by atoms with Crippen LogP contribution >= 0.6 is 11.8 Å². The summed E-state index contributed by atoms with van der Waals surface area (Å²) >= 11 is 1.35. The number of nitrogens with two attached hydrogens (primary N) is 1. The first-order valence-corrected chi connectivity index (χ1v) is 10.3. The number of morpholine rings is 1. The van der Waals surface area contributed by atoms with E-state index in [0.29, 0.717) is 42.8 Å². The van der Waals surface area contributed by atoms with Crippen molar-refractivity contribution in [2.24, 2.45) is 0 Å². The first kappa shape index (κ1) is 17.8. The van der Waals surface area contributed by atoms with E-state index in [1.807, 2.05) is 11.2 Å². The van der Waals surface area contributed by atoms with Crippen LogP contribution in [0.1, 0.15) is 0 Å². The van der Waals surface area contributed by atoms with E-state index >= 15 is 0 Å². The SMILES string of the molecule is CSc1ncc(N2CCOCC2)c(NS(=O)(=O)c2ccc(N)cc2)n1. The molecule has 0 spiro atoms. The molecule has 25 heavy (non-hydrogen) atoms. The van der Waals surface area contributed by atoms with Gasteiger partial charge in [0.1, 0.15) is 0 Å². The Balaban J connectivity index is 1.95. The molecule has 134 valence electrons. The molecule has 0 atom stereocenters. The lowest BCUT2D eigenvalue weighted by Gasteiger charge is -2.29. The molecule has 3 N–H and O–H groups in total. The predicted octanol–water partition coefficient (Wildman–Crippen LogP) is 1.42. The molecule has 0 aliphatic carbocycles. The number of benzene rings is 1. The van der Waals surface area contributed by atoms with E-state index in [-0.39, 0.29) is 10.7 Å². The van der Waals surface area contributed by atoms with Crippen molar-refractivity contribution < 1.29 is 13.2 Å².